The number of rotatable bonds is 2. The average molecular weight is 239 g/mol. The summed E-state index contributed by atoms with van der Waals surface area (Å²) >= 11 is 0. The molecular formula is C17H21N. The van der Waals surface area contributed by atoms with Gasteiger partial charge in [0.1, 0.15) is 0 Å². The summed E-state index contributed by atoms with van der Waals surface area (Å²) in [6.45, 7) is 6.53. The first-order chi connectivity index (χ1) is 8.48. The summed E-state index contributed by atoms with van der Waals surface area (Å²) in [5.41, 5.74) is 3.84. The van der Waals surface area contributed by atoms with Gasteiger partial charge < -0.3 is 4.90 Å². The van der Waals surface area contributed by atoms with Gasteiger partial charge in [0.25, 0.3) is 0 Å². The molecule has 0 aromatic heterocycles. The molecule has 0 amide bonds. The average Bonchev–Trinajstić information content (AvgIpc) is 2.50. The third kappa shape index (κ3) is 2.92. The van der Waals surface area contributed by atoms with Gasteiger partial charge in [-0.25, -0.2) is 0 Å². The first kappa shape index (κ1) is 12.7. The van der Waals surface area contributed by atoms with Crippen LogP contribution in [0.3, 0.4) is 0 Å². The topological polar surface area (TPSA) is 3.24 Å². The molecule has 1 heteroatoms. The van der Waals surface area contributed by atoms with Crippen LogP contribution in [0.25, 0.3) is 0 Å². The Kier molecular flexibility index (Phi) is 3.42. The highest BCUT2D eigenvalue weighted by atomic mass is 15.1. The van der Waals surface area contributed by atoms with E-state index in [0.717, 1.165) is 0 Å². The molecule has 1 aromatic carbocycles. The van der Waals surface area contributed by atoms with Crippen molar-refractivity contribution in [3.05, 3.63) is 65.9 Å². The lowest BCUT2D eigenvalue weighted by Gasteiger charge is -2.21. The molecule has 1 aliphatic rings. The minimum absolute atomic E-state index is 0.131. The predicted molar refractivity (Wildman–Crippen MR) is 79.7 cm³/mol. The molecule has 0 N–H and O–H groups in total. The van der Waals surface area contributed by atoms with E-state index in [0.29, 0.717) is 0 Å². The second-order valence-corrected chi connectivity index (χ2v) is 5.50. The lowest BCUT2D eigenvalue weighted by molar-refractivity contribution is 0.627. The minimum atomic E-state index is 0.131. The van der Waals surface area contributed by atoms with Crippen LogP contribution in [0.15, 0.2) is 60.3 Å². The van der Waals surface area contributed by atoms with Gasteiger partial charge in [-0.1, -0.05) is 49.8 Å². The van der Waals surface area contributed by atoms with Crippen molar-refractivity contribution in [1.29, 1.82) is 0 Å². The zero-order valence-electron chi connectivity index (χ0n) is 11.6. The molecule has 0 spiro atoms. The lowest BCUT2D eigenvalue weighted by atomic mass is 9.93. The first-order valence-electron chi connectivity index (χ1n) is 6.37. The maximum Gasteiger partial charge on any atom is 0.0408 e. The van der Waals surface area contributed by atoms with E-state index in [1.807, 2.05) is 0 Å². The maximum atomic E-state index is 2.24. The Balaban J connectivity index is 2.25. The third-order valence-electron chi connectivity index (χ3n) is 3.28. The Hall–Kier alpha value is -1.76. The Morgan fingerprint density at radius 2 is 1.67 bits per heavy atom. The summed E-state index contributed by atoms with van der Waals surface area (Å²) < 4.78 is 0. The molecule has 1 nitrogen and oxygen atoms in total. The van der Waals surface area contributed by atoms with Crippen LogP contribution in [0.5, 0.6) is 0 Å². The largest absolute Gasteiger partial charge is 0.345 e. The number of anilines is 1. The van der Waals surface area contributed by atoms with Crippen molar-refractivity contribution in [2.75, 3.05) is 11.9 Å². The molecule has 0 fully saturated rings. The Bertz CT molecular complexity index is 501. The number of benzene rings is 1. The van der Waals surface area contributed by atoms with Gasteiger partial charge in [-0.3, -0.25) is 0 Å². The second kappa shape index (κ2) is 4.85. The van der Waals surface area contributed by atoms with E-state index in [2.05, 4.69) is 87.4 Å². The number of hydrogen-bond donors (Lipinski definition) is 0. The molecule has 0 heterocycles. The van der Waals surface area contributed by atoms with Crippen LogP contribution < -0.4 is 4.90 Å². The van der Waals surface area contributed by atoms with Crippen molar-refractivity contribution < 1.29 is 0 Å². The molecule has 0 unspecified atom stereocenters. The van der Waals surface area contributed by atoms with Crippen LogP contribution in [0.1, 0.15) is 19.4 Å². The fraction of sp³-hybridized carbons (Fsp3) is 0.294. The standard InChI is InChI=1S/C17H21N/c1-14-7-9-16(10-8-14)18(4)15-6-5-12-17(2,3)13-11-15/h5-13H,1-4H3. The van der Waals surface area contributed by atoms with E-state index in [4.69, 9.17) is 0 Å². The van der Waals surface area contributed by atoms with Crippen molar-refractivity contribution >= 4 is 5.69 Å². The van der Waals surface area contributed by atoms with Gasteiger partial charge in [0.05, 0.1) is 0 Å². The Morgan fingerprint density at radius 3 is 2.33 bits per heavy atom. The molecule has 94 valence electrons. The molecular weight excluding hydrogens is 218 g/mol. The van der Waals surface area contributed by atoms with Crippen molar-refractivity contribution in [3.8, 4) is 0 Å². The van der Waals surface area contributed by atoms with Crippen molar-refractivity contribution in [3.63, 3.8) is 0 Å². The molecule has 0 saturated carbocycles. The SMILES string of the molecule is Cc1ccc(N(C)C2=CC=CC(C)(C)C=C2)cc1. The Morgan fingerprint density at radius 1 is 1.00 bits per heavy atom. The quantitative estimate of drug-likeness (QED) is 0.736. The summed E-state index contributed by atoms with van der Waals surface area (Å²) in [5, 5.41) is 0. The van der Waals surface area contributed by atoms with E-state index in [-0.39, 0.29) is 5.41 Å². The van der Waals surface area contributed by atoms with Crippen molar-refractivity contribution in [2.24, 2.45) is 5.41 Å². The van der Waals surface area contributed by atoms with E-state index < -0.39 is 0 Å². The van der Waals surface area contributed by atoms with Crippen LogP contribution in [0, 0.1) is 12.3 Å². The van der Waals surface area contributed by atoms with Gasteiger partial charge in [-0.05, 0) is 31.2 Å². The molecule has 0 bridgehead atoms. The van der Waals surface area contributed by atoms with Gasteiger partial charge in [-0.2, -0.15) is 0 Å². The van der Waals surface area contributed by atoms with Gasteiger partial charge in [0.2, 0.25) is 0 Å². The van der Waals surface area contributed by atoms with Gasteiger partial charge in [0.15, 0.2) is 0 Å². The summed E-state index contributed by atoms with van der Waals surface area (Å²) in [7, 11) is 2.10. The summed E-state index contributed by atoms with van der Waals surface area (Å²) in [6, 6.07) is 8.60. The zero-order valence-corrected chi connectivity index (χ0v) is 11.6. The summed E-state index contributed by atoms with van der Waals surface area (Å²) in [5.74, 6) is 0. The molecule has 0 saturated heterocycles. The smallest absolute Gasteiger partial charge is 0.0408 e. The summed E-state index contributed by atoms with van der Waals surface area (Å²) in [4.78, 5) is 2.21. The van der Waals surface area contributed by atoms with Crippen LogP contribution in [0.2, 0.25) is 0 Å². The zero-order chi connectivity index (χ0) is 13.2. The van der Waals surface area contributed by atoms with Crippen LogP contribution in [-0.4, -0.2) is 7.05 Å². The molecule has 18 heavy (non-hydrogen) atoms. The minimum Gasteiger partial charge on any atom is -0.345 e. The monoisotopic (exact) mass is 239 g/mol. The maximum absolute atomic E-state index is 2.24. The lowest BCUT2D eigenvalue weighted by Crippen LogP contribution is -2.14. The van der Waals surface area contributed by atoms with Gasteiger partial charge in [-0.15, -0.1) is 0 Å². The first-order valence-corrected chi connectivity index (χ1v) is 6.37. The van der Waals surface area contributed by atoms with E-state index in [1.165, 1.54) is 16.9 Å². The number of nitrogens with zero attached hydrogens (tertiary/aromatic N) is 1. The number of allylic oxidation sites excluding steroid dienone is 5. The number of aryl methyl sites for hydroxylation is 1. The number of likely N-dealkylation sites (N-methyl/N-ethyl adjacent to an activating group) is 1. The second-order valence-electron chi connectivity index (χ2n) is 5.50. The number of hydrogen-bond acceptors (Lipinski definition) is 1. The molecule has 0 aliphatic heterocycles. The molecule has 0 radical (unpaired) electrons. The normalized spacial score (nSPS) is 17.2. The molecule has 1 aromatic rings. The van der Waals surface area contributed by atoms with E-state index >= 15 is 0 Å². The summed E-state index contributed by atoms with van der Waals surface area (Å²) in [6.07, 6.45) is 11.0. The van der Waals surface area contributed by atoms with Crippen LogP contribution in [0.4, 0.5) is 5.69 Å². The van der Waals surface area contributed by atoms with E-state index in [9.17, 15) is 0 Å². The van der Waals surface area contributed by atoms with Crippen molar-refractivity contribution in [2.45, 2.75) is 20.8 Å². The van der Waals surface area contributed by atoms with Crippen LogP contribution >= 0.6 is 0 Å². The fourth-order valence-corrected chi connectivity index (χ4v) is 1.95. The Labute approximate surface area is 110 Å². The fourth-order valence-electron chi connectivity index (χ4n) is 1.95. The highest BCUT2D eigenvalue weighted by molar-refractivity contribution is 5.55. The highest BCUT2D eigenvalue weighted by Crippen LogP contribution is 2.25. The molecule has 0 atom stereocenters. The third-order valence-corrected chi connectivity index (χ3v) is 3.28. The van der Waals surface area contributed by atoms with Crippen molar-refractivity contribution in [1.82, 2.24) is 0 Å². The van der Waals surface area contributed by atoms with Gasteiger partial charge >= 0.3 is 0 Å². The van der Waals surface area contributed by atoms with Crippen LogP contribution in [-0.2, 0) is 0 Å². The van der Waals surface area contributed by atoms with Gasteiger partial charge in [0, 0.05) is 23.8 Å². The van der Waals surface area contributed by atoms with E-state index in [1.54, 1.807) is 0 Å². The highest BCUT2D eigenvalue weighted by Gasteiger charge is 2.12. The predicted octanol–water partition coefficient (Wildman–Crippen LogP) is 4.47. The molecule has 1 aliphatic carbocycles. The molecule has 2 rings (SSSR count).